The van der Waals surface area contributed by atoms with Crippen LogP contribution in [0, 0.1) is 5.92 Å². The highest BCUT2D eigenvalue weighted by Crippen LogP contribution is 2.26. The van der Waals surface area contributed by atoms with Crippen molar-refractivity contribution in [1.82, 2.24) is 15.5 Å². The molecule has 1 atom stereocenters. The van der Waals surface area contributed by atoms with Crippen LogP contribution in [0.5, 0.6) is 0 Å². The van der Waals surface area contributed by atoms with Crippen molar-refractivity contribution in [1.29, 1.82) is 0 Å². The summed E-state index contributed by atoms with van der Waals surface area (Å²) in [5.41, 5.74) is 0.483. The standard InChI is InChI=1S/C19H25N3O3/c1-14(7-8-15-5-3-2-4-6-15)13-16(23)22-11-9-19(10-12-22)17(24)20-18(25)21-19/h2-6,14H,7-13H2,1H3,(H2,20,21,24,25). The molecule has 25 heavy (non-hydrogen) atoms. The van der Waals surface area contributed by atoms with E-state index in [1.807, 2.05) is 23.1 Å². The molecule has 1 unspecified atom stereocenters. The van der Waals surface area contributed by atoms with E-state index in [9.17, 15) is 14.4 Å². The second-order valence-corrected chi connectivity index (χ2v) is 7.20. The maximum absolute atomic E-state index is 12.5. The van der Waals surface area contributed by atoms with E-state index >= 15 is 0 Å². The van der Waals surface area contributed by atoms with Crippen LogP contribution in [-0.4, -0.2) is 41.4 Å². The lowest BCUT2D eigenvalue weighted by Gasteiger charge is -2.37. The highest BCUT2D eigenvalue weighted by Gasteiger charge is 2.48. The summed E-state index contributed by atoms with van der Waals surface area (Å²) in [5, 5.41) is 5.01. The van der Waals surface area contributed by atoms with Crippen molar-refractivity contribution in [2.24, 2.45) is 5.92 Å². The molecule has 6 heteroatoms. The van der Waals surface area contributed by atoms with E-state index in [2.05, 4.69) is 29.7 Å². The third kappa shape index (κ3) is 4.00. The van der Waals surface area contributed by atoms with E-state index in [0.29, 0.717) is 38.3 Å². The molecule has 2 aliphatic heterocycles. The first-order valence-electron chi connectivity index (χ1n) is 8.94. The molecule has 3 rings (SSSR count). The van der Waals surface area contributed by atoms with Gasteiger partial charge < -0.3 is 10.2 Å². The zero-order chi connectivity index (χ0) is 17.9. The molecule has 2 aliphatic rings. The number of benzene rings is 1. The fourth-order valence-electron chi connectivity index (χ4n) is 3.60. The number of hydrogen-bond acceptors (Lipinski definition) is 3. The number of urea groups is 1. The molecule has 0 saturated carbocycles. The molecule has 0 bridgehead atoms. The zero-order valence-electron chi connectivity index (χ0n) is 14.6. The Hall–Kier alpha value is -2.37. The average molecular weight is 343 g/mol. The summed E-state index contributed by atoms with van der Waals surface area (Å²) in [6, 6.07) is 9.87. The molecule has 0 aromatic heterocycles. The van der Waals surface area contributed by atoms with E-state index in [1.165, 1.54) is 5.56 Å². The molecule has 2 fully saturated rings. The molecular weight excluding hydrogens is 318 g/mol. The number of nitrogens with one attached hydrogen (secondary N) is 2. The van der Waals surface area contributed by atoms with E-state index in [-0.39, 0.29) is 11.8 Å². The van der Waals surface area contributed by atoms with Crippen LogP contribution in [-0.2, 0) is 16.0 Å². The molecular formula is C19H25N3O3. The van der Waals surface area contributed by atoms with Crippen molar-refractivity contribution in [2.75, 3.05) is 13.1 Å². The van der Waals surface area contributed by atoms with Gasteiger partial charge in [0, 0.05) is 19.5 Å². The van der Waals surface area contributed by atoms with Crippen LogP contribution in [0.15, 0.2) is 30.3 Å². The summed E-state index contributed by atoms with van der Waals surface area (Å²) >= 11 is 0. The first-order chi connectivity index (χ1) is 12.0. The smallest absolute Gasteiger partial charge is 0.322 e. The van der Waals surface area contributed by atoms with Gasteiger partial charge in [0.15, 0.2) is 0 Å². The number of carbonyl (C=O) groups is 3. The van der Waals surface area contributed by atoms with E-state index in [4.69, 9.17) is 0 Å². The molecule has 134 valence electrons. The normalized spacial score (nSPS) is 20.3. The quantitative estimate of drug-likeness (QED) is 0.801. The van der Waals surface area contributed by atoms with Gasteiger partial charge in [-0.3, -0.25) is 14.9 Å². The Morgan fingerprint density at radius 1 is 1.20 bits per heavy atom. The number of amides is 4. The van der Waals surface area contributed by atoms with Gasteiger partial charge in [0.25, 0.3) is 5.91 Å². The summed E-state index contributed by atoms with van der Waals surface area (Å²) in [7, 11) is 0. The Bertz CT molecular complexity index is 651. The summed E-state index contributed by atoms with van der Waals surface area (Å²) in [6.45, 7) is 3.13. The third-order valence-electron chi connectivity index (χ3n) is 5.28. The second kappa shape index (κ2) is 7.25. The fourth-order valence-corrected chi connectivity index (χ4v) is 3.60. The van der Waals surface area contributed by atoms with Crippen LogP contribution in [0.4, 0.5) is 4.79 Å². The predicted octanol–water partition coefficient (Wildman–Crippen LogP) is 1.85. The minimum atomic E-state index is -0.813. The predicted molar refractivity (Wildman–Crippen MR) is 93.8 cm³/mol. The lowest BCUT2D eigenvalue weighted by molar-refractivity contribution is -0.136. The van der Waals surface area contributed by atoms with Gasteiger partial charge >= 0.3 is 6.03 Å². The molecule has 0 aliphatic carbocycles. The van der Waals surface area contributed by atoms with Gasteiger partial charge in [-0.2, -0.15) is 0 Å². The molecule has 1 spiro atoms. The minimum absolute atomic E-state index is 0.139. The highest BCUT2D eigenvalue weighted by molar-refractivity contribution is 6.07. The van der Waals surface area contributed by atoms with Gasteiger partial charge in [0.05, 0.1) is 0 Å². The van der Waals surface area contributed by atoms with E-state index in [0.717, 1.165) is 12.8 Å². The Morgan fingerprint density at radius 2 is 1.88 bits per heavy atom. The van der Waals surface area contributed by atoms with Gasteiger partial charge in [0.2, 0.25) is 5.91 Å². The van der Waals surface area contributed by atoms with Crippen molar-refractivity contribution in [3.8, 4) is 0 Å². The summed E-state index contributed by atoms with van der Waals surface area (Å²) in [5.74, 6) is 0.194. The Labute approximate surface area is 148 Å². The molecule has 4 amide bonds. The van der Waals surface area contributed by atoms with Crippen LogP contribution in [0.1, 0.15) is 38.2 Å². The number of piperidine rings is 1. The Kier molecular flexibility index (Phi) is 5.06. The first-order valence-corrected chi connectivity index (χ1v) is 8.94. The van der Waals surface area contributed by atoms with Gasteiger partial charge in [-0.25, -0.2) is 4.79 Å². The summed E-state index contributed by atoms with van der Waals surface area (Å²) in [4.78, 5) is 37.6. The zero-order valence-corrected chi connectivity index (χ0v) is 14.6. The summed E-state index contributed by atoms with van der Waals surface area (Å²) < 4.78 is 0. The van der Waals surface area contributed by atoms with Gasteiger partial charge in [-0.15, -0.1) is 0 Å². The van der Waals surface area contributed by atoms with Gasteiger partial charge in [0.1, 0.15) is 5.54 Å². The SMILES string of the molecule is CC(CCc1ccccc1)CC(=O)N1CCC2(CC1)NC(=O)NC2=O. The van der Waals surface area contributed by atoms with Crippen LogP contribution >= 0.6 is 0 Å². The number of hydrogen-bond donors (Lipinski definition) is 2. The lowest BCUT2D eigenvalue weighted by atomic mass is 9.87. The Morgan fingerprint density at radius 3 is 2.48 bits per heavy atom. The Balaban J connectivity index is 1.45. The summed E-state index contributed by atoms with van der Waals surface area (Å²) in [6.07, 6.45) is 3.44. The molecule has 0 radical (unpaired) electrons. The molecule has 2 saturated heterocycles. The van der Waals surface area contributed by atoms with Crippen LogP contribution < -0.4 is 10.6 Å². The fraction of sp³-hybridized carbons (Fsp3) is 0.526. The number of carbonyl (C=O) groups excluding carboxylic acids is 3. The number of imide groups is 1. The molecule has 2 heterocycles. The number of rotatable bonds is 5. The van der Waals surface area contributed by atoms with Crippen LogP contribution in [0.2, 0.25) is 0 Å². The molecule has 1 aromatic carbocycles. The van der Waals surface area contributed by atoms with Crippen LogP contribution in [0.25, 0.3) is 0 Å². The van der Waals surface area contributed by atoms with Crippen molar-refractivity contribution in [3.63, 3.8) is 0 Å². The maximum Gasteiger partial charge on any atom is 0.322 e. The first kappa shape index (κ1) is 17.5. The topological polar surface area (TPSA) is 78.5 Å². The number of aryl methyl sites for hydroxylation is 1. The van der Waals surface area contributed by atoms with E-state index in [1.54, 1.807) is 0 Å². The van der Waals surface area contributed by atoms with E-state index < -0.39 is 11.6 Å². The van der Waals surface area contributed by atoms with Gasteiger partial charge in [-0.1, -0.05) is 37.3 Å². The van der Waals surface area contributed by atoms with Crippen molar-refractivity contribution in [3.05, 3.63) is 35.9 Å². The average Bonchev–Trinajstić information content (AvgIpc) is 2.87. The number of nitrogens with zero attached hydrogens (tertiary/aromatic N) is 1. The lowest BCUT2D eigenvalue weighted by Crippen LogP contribution is -2.55. The molecule has 2 N–H and O–H groups in total. The largest absolute Gasteiger partial charge is 0.342 e. The van der Waals surface area contributed by atoms with Crippen molar-refractivity contribution in [2.45, 2.75) is 44.6 Å². The molecule has 6 nitrogen and oxygen atoms in total. The maximum atomic E-state index is 12.5. The monoisotopic (exact) mass is 343 g/mol. The second-order valence-electron chi connectivity index (χ2n) is 7.20. The van der Waals surface area contributed by atoms with Crippen LogP contribution in [0.3, 0.4) is 0 Å². The van der Waals surface area contributed by atoms with Crippen molar-refractivity contribution >= 4 is 17.8 Å². The minimum Gasteiger partial charge on any atom is -0.342 e. The van der Waals surface area contributed by atoms with Gasteiger partial charge in [-0.05, 0) is 37.2 Å². The highest BCUT2D eigenvalue weighted by atomic mass is 16.2. The van der Waals surface area contributed by atoms with Crippen molar-refractivity contribution < 1.29 is 14.4 Å². The molecule has 1 aromatic rings. The number of likely N-dealkylation sites (tertiary alicyclic amines) is 1. The third-order valence-corrected chi connectivity index (χ3v) is 5.28.